The van der Waals surface area contributed by atoms with Crippen molar-refractivity contribution in [1.82, 2.24) is 14.8 Å². The van der Waals surface area contributed by atoms with Crippen LogP contribution < -0.4 is 5.73 Å². The van der Waals surface area contributed by atoms with Crippen molar-refractivity contribution in [3.8, 4) is 11.3 Å². The molecule has 7 nitrogen and oxygen atoms in total. The molecular weight excluding hydrogens is 404 g/mol. The van der Waals surface area contributed by atoms with Crippen LogP contribution in [0, 0.1) is 5.92 Å². The summed E-state index contributed by atoms with van der Waals surface area (Å²) in [6.07, 6.45) is 8.48. The number of aromatic nitrogens is 1. The van der Waals surface area contributed by atoms with Crippen molar-refractivity contribution in [2.24, 2.45) is 11.7 Å². The summed E-state index contributed by atoms with van der Waals surface area (Å²) in [4.78, 5) is 20.9. The summed E-state index contributed by atoms with van der Waals surface area (Å²) in [5.41, 5.74) is 8.34. The standard InChI is InChI=1S/C25H30N4O3/c26-25(11-5-4-10-22(25)24(30)31)32-18-17-28-13-15-29(16-14-28)19-21-9-6-12-27-23(21)20-7-2-1-3-8-20/h1-12,22H,13-19,26H2,(H,30,31). The van der Waals surface area contributed by atoms with Crippen molar-refractivity contribution >= 4 is 5.97 Å². The number of aliphatic carboxylic acids is 1. The molecule has 1 fully saturated rings. The Kier molecular flexibility index (Phi) is 7.12. The predicted molar refractivity (Wildman–Crippen MR) is 124 cm³/mol. The van der Waals surface area contributed by atoms with Crippen LogP contribution in [0.15, 0.2) is 73.0 Å². The molecule has 2 atom stereocenters. The zero-order chi connectivity index (χ0) is 22.4. The van der Waals surface area contributed by atoms with Gasteiger partial charge in [0.15, 0.2) is 5.72 Å². The molecule has 2 heterocycles. The first-order chi connectivity index (χ1) is 15.5. The van der Waals surface area contributed by atoms with E-state index in [9.17, 15) is 9.90 Å². The van der Waals surface area contributed by atoms with Gasteiger partial charge in [-0.15, -0.1) is 0 Å². The van der Waals surface area contributed by atoms with E-state index in [0.717, 1.165) is 50.5 Å². The number of ether oxygens (including phenoxy) is 1. The van der Waals surface area contributed by atoms with Crippen LogP contribution in [0.4, 0.5) is 0 Å². The average Bonchev–Trinajstić information content (AvgIpc) is 2.81. The summed E-state index contributed by atoms with van der Waals surface area (Å²) in [6, 6.07) is 14.4. The minimum absolute atomic E-state index is 0.388. The number of nitrogens with two attached hydrogens (primary N) is 1. The summed E-state index contributed by atoms with van der Waals surface area (Å²) in [5, 5.41) is 9.40. The lowest BCUT2D eigenvalue weighted by Crippen LogP contribution is -2.53. The van der Waals surface area contributed by atoms with Crippen LogP contribution in [0.25, 0.3) is 11.3 Å². The molecule has 0 radical (unpaired) electrons. The molecule has 0 saturated carbocycles. The van der Waals surface area contributed by atoms with Gasteiger partial charge in [-0.1, -0.05) is 54.6 Å². The molecule has 0 spiro atoms. The number of carboxylic acid groups (broad SMARTS) is 1. The maximum absolute atomic E-state index is 11.5. The fraction of sp³-hybridized carbons (Fsp3) is 0.360. The van der Waals surface area contributed by atoms with Gasteiger partial charge < -0.3 is 9.84 Å². The minimum atomic E-state index is -1.30. The Morgan fingerprint density at radius 2 is 1.84 bits per heavy atom. The number of nitrogens with zero attached hydrogens (tertiary/aromatic N) is 3. The maximum atomic E-state index is 11.5. The lowest BCUT2D eigenvalue weighted by Gasteiger charge is -2.36. The third kappa shape index (κ3) is 5.31. The van der Waals surface area contributed by atoms with E-state index in [0.29, 0.717) is 6.61 Å². The Balaban J connectivity index is 1.26. The molecule has 1 aromatic carbocycles. The summed E-state index contributed by atoms with van der Waals surface area (Å²) in [7, 11) is 0. The first-order valence-electron chi connectivity index (χ1n) is 11.0. The third-order valence-electron chi connectivity index (χ3n) is 6.08. The highest BCUT2D eigenvalue weighted by atomic mass is 16.5. The van der Waals surface area contributed by atoms with Gasteiger partial charge in [0.2, 0.25) is 0 Å². The molecule has 1 aromatic heterocycles. The fourth-order valence-corrected chi connectivity index (χ4v) is 4.23. The molecule has 4 rings (SSSR count). The van der Waals surface area contributed by atoms with E-state index in [1.165, 1.54) is 5.56 Å². The van der Waals surface area contributed by atoms with Crippen LogP contribution >= 0.6 is 0 Å². The van der Waals surface area contributed by atoms with Crippen LogP contribution in [0.5, 0.6) is 0 Å². The number of pyridine rings is 1. The average molecular weight is 435 g/mol. The van der Waals surface area contributed by atoms with E-state index < -0.39 is 17.6 Å². The summed E-state index contributed by atoms with van der Waals surface area (Å²) in [6.45, 7) is 5.75. The van der Waals surface area contributed by atoms with E-state index in [-0.39, 0.29) is 0 Å². The molecule has 168 valence electrons. The number of allylic oxidation sites excluding steroid dienone is 2. The van der Waals surface area contributed by atoms with Crippen molar-refractivity contribution in [2.75, 3.05) is 39.3 Å². The molecule has 0 bridgehead atoms. The second-order valence-electron chi connectivity index (χ2n) is 8.26. The molecule has 1 saturated heterocycles. The maximum Gasteiger partial charge on any atom is 0.315 e. The van der Waals surface area contributed by atoms with Crippen molar-refractivity contribution in [3.63, 3.8) is 0 Å². The molecule has 2 aliphatic rings. The molecule has 1 aliphatic heterocycles. The fourth-order valence-electron chi connectivity index (χ4n) is 4.23. The van der Waals surface area contributed by atoms with Crippen molar-refractivity contribution in [2.45, 2.75) is 12.3 Å². The van der Waals surface area contributed by atoms with Gasteiger partial charge in [0, 0.05) is 51.0 Å². The van der Waals surface area contributed by atoms with E-state index in [2.05, 4.69) is 33.0 Å². The largest absolute Gasteiger partial charge is 0.481 e. The van der Waals surface area contributed by atoms with Gasteiger partial charge in [-0.25, -0.2) is 0 Å². The van der Waals surface area contributed by atoms with Gasteiger partial charge in [0.05, 0.1) is 12.3 Å². The lowest BCUT2D eigenvalue weighted by molar-refractivity contribution is -0.149. The highest BCUT2D eigenvalue weighted by Crippen LogP contribution is 2.24. The zero-order valence-electron chi connectivity index (χ0n) is 18.1. The summed E-state index contributed by atoms with van der Waals surface area (Å²) in [5.74, 6) is -1.85. The van der Waals surface area contributed by atoms with Crippen LogP contribution in [-0.2, 0) is 16.1 Å². The smallest absolute Gasteiger partial charge is 0.315 e. The molecule has 2 unspecified atom stereocenters. The van der Waals surface area contributed by atoms with Gasteiger partial charge in [0.1, 0.15) is 5.92 Å². The van der Waals surface area contributed by atoms with Crippen molar-refractivity contribution in [3.05, 3.63) is 78.5 Å². The number of rotatable bonds is 8. The van der Waals surface area contributed by atoms with Crippen molar-refractivity contribution < 1.29 is 14.6 Å². The van der Waals surface area contributed by atoms with Crippen LogP contribution in [-0.4, -0.2) is 70.9 Å². The summed E-state index contributed by atoms with van der Waals surface area (Å²) >= 11 is 0. The number of carboxylic acids is 1. The zero-order valence-corrected chi connectivity index (χ0v) is 18.1. The molecular formula is C25H30N4O3. The lowest BCUT2D eigenvalue weighted by atomic mass is 9.92. The normalized spacial score (nSPS) is 24.0. The number of hydrogen-bond donors (Lipinski definition) is 2. The highest BCUT2D eigenvalue weighted by molar-refractivity contribution is 5.74. The van der Waals surface area contributed by atoms with Gasteiger partial charge in [-0.05, 0) is 17.7 Å². The Labute approximate surface area is 188 Å². The Hall–Kier alpha value is -2.84. The predicted octanol–water partition coefficient (Wildman–Crippen LogP) is 2.36. The van der Waals surface area contributed by atoms with E-state index in [1.807, 2.05) is 30.5 Å². The molecule has 7 heteroatoms. The number of carbonyl (C=O) groups is 1. The quantitative estimate of drug-likeness (QED) is 0.616. The first kappa shape index (κ1) is 22.4. The van der Waals surface area contributed by atoms with Gasteiger partial charge in [0.25, 0.3) is 0 Å². The van der Waals surface area contributed by atoms with Crippen LogP contribution in [0.1, 0.15) is 5.56 Å². The first-order valence-corrected chi connectivity index (χ1v) is 11.0. The second-order valence-corrected chi connectivity index (χ2v) is 8.26. The van der Waals surface area contributed by atoms with Gasteiger partial charge in [-0.2, -0.15) is 0 Å². The van der Waals surface area contributed by atoms with E-state index in [1.54, 1.807) is 24.3 Å². The van der Waals surface area contributed by atoms with Gasteiger partial charge in [-0.3, -0.25) is 25.3 Å². The summed E-state index contributed by atoms with van der Waals surface area (Å²) < 4.78 is 5.83. The Bertz CT molecular complexity index is 970. The molecule has 3 N–H and O–H groups in total. The SMILES string of the molecule is NC1(OCCN2CCN(Cc3cccnc3-c3ccccc3)CC2)C=CC=CC1C(=O)O. The topological polar surface area (TPSA) is 91.9 Å². The second kappa shape index (κ2) is 10.2. The number of piperazine rings is 1. The van der Waals surface area contributed by atoms with Crippen LogP contribution in [0.3, 0.4) is 0 Å². The number of benzene rings is 1. The van der Waals surface area contributed by atoms with Crippen molar-refractivity contribution in [1.29, 1.82) is 0 Å². The van der Waals surface area contributed by atoms with E-state index in [4.69, 9.17) is 10.5 Å². The minimum Gasteiger partial charge on any atom is -0.481 e. The van der Waals surface area contributed by atoms with E-state index >= 15 is 0 Å². The molecule has 32 heavy (non-hydrogen) atoms. The third-order valence-corrected chi connectivity index (χ3v) is 6.08. The Morgan fingerprint density at radius 1 is 1.09 bits per heavy atom. The van der Waals surface area contributed by atoms with Gasteiger partial charge >= 0.3 is 5.97 Å². The molecule has 0 amide bonds. The monoisotopic (exact) mass is 434 g/mol. The highest BCUT2D eigenvalue weighted by Gasteiger charge is 2.38. The Morgan fingerprint density at radius 3 is 2.59 bits per heavy atom. The van der Waals surface area contributed by atoms with Crippen LogP contribution in [0.2, 0.25) is 0 Å². The number of hydrogen-bond acceptors (Lipinski definition) is 6. The molecule has 1 aliphatic carbocycles. The molecule has 2 aromatic rings.